The number of nitrogens with zero attached hydrogens (tertiary/aromatic N) is 2. The van der Waals surface area contributed by atoms with Crippen molar-refractivity contribution in [3.8, 4) is 5.75 Å². The number of ether oxygens (including phenoxy) is 1. The second kappa shape index (κ2) is 5.80. The fourth-order valence-electron chi connectivity index (χ4n) is 1.85. The van der Waals surface area contributed by atoms with Gasteiger partial charge in [0.05, 0.1) is 11.8 Å². The minimum atomic E-state index is -0.809. The van der Waals surface area contributed by atoms with Crippen molar-refractivity contribution in [1.29, 1.82) is 0 Å². The first kappa shape index (κ1) is 13.5. The second-order valence-electron chi connectivity index (χ2n) is 4.64. The molecule has 0 amide bonds. The van der Waals surface area contributed by atoms with Gasteiger partial charge in [-0.25, -0.2) is 9.97 Å². The van der Waals surface area contributed by atoms with Crippen molar-refractivity contribution in [2.45, 2.75) is 33.0 Å². The van der Waals surface area contributed by atoms with Gasteiger partial charge in [-0.3, -0.25) is 0 Å². The summed E-state index contributed by atoms with van der Waals surface area (Å²) in [5.41, 5.74) is 1.29. The van der Waals surface area contributed by atoms with E-state index in [2.05, 4.69) is 9.97 Å². The molecule has 1 aromatic carbocycles. The summed E-state index contributed by atoms with van der Waals surface area (Å²) in [6.07, 6.45) is 0.893. The summed E-state index contributed by atoms with van der Waals surface area (Å²) in [4.78, 5) is 8.29. The van der Waals surface area contributed by atoms with Gasteiger partial charge in [-0.15, -0.1) is 0 Å². The van der Waals surface area contributed by atoms with Crippen LogP contribution in [-0.2, 0) is 0 Å². The number of para-hydroxylation sites is 1. The van der Waals surface area contributed by atoms with Crippen molar-refractivity contribution in [2.75, 3.05) is 0 Å². The molecule has 100 valence electrons. The summed E-state index contributed by atoms with van der Waals surface area (Å²) >= 11 is 0. The second-order valence-corrected chi connectivity index (χ2v) is 4.64. The molecule has 0 saturated heterocycles. The number of aromatic nitrogens is 2. The van der Waals surface area contributed by atoms with Crippen LogP contribution in [0.2, 0.25) is 0 Å². The van der Waals surface area contributed by atoms with Gasteiger partial charge < -0.3 is 9.84 Å². The molecule has 2 aromatic rings. The largest absolute Gasteiger partial charge is 0.491 e. The lowest BCUT2D eigenvalue weighted by Gasteiger charge is -2.17. The summed E-state index contributed by atoms with van der Waals surface area (Å²) in [7, 11) is 0. The molecular weight excluding hydrogens is 240 g/mol. The molecule has 0 spiro atoms. The van der Waals surface area contributed by atoms with E-state index in [4.69, 9.17) is 4.74 Å². The highest BCUT2D eigenvalue weighted by molar-refractivity contribution is 5.38. The van der Waals surface area contributed by atoms with Gasteiger partial charge in [0.25, 0.3) is 0 Å². The molecule has 1 heterocycles. The Hall–Kier alpha value is -1.94. The molecule has 0 aliphatic rings. The maximum atomic E-state index is 10.4. The molecule has 4 heteroatoms. The first-order chi connectivity index (χ1) is 9.08. The average Bonchev–Trinajstić information content (AvgIpc) is 2.38. The van der Waals surface area contributed by atoms with Gasteiger partial charge >= 0.3 is 0 Å². The quantitative estimate of drug-likeness (QED) is 0.916. The Bertz CT molecular complexity index is 555. The summed E-state index contributed by atoms with van der Waals surface area (Å²) in [6.45, 7) is 5.71. The van der Waals surface area contributed by atoms with Crippen molar-refractivity contribution < 1.29 is 9.84 Å². The Balaban J connectivity index is 2.35. The zero-order valence-corrected chi connectivity index (χ0v) is 11.4. The van der Waals surface area contributed by atoms with Crippen LogP contribution >= 0.6 is 0 Å². The van der Waals surface area contributed by atoms with Gasteiger partial charge in [0, 0.05) is 11.8 Å². The lowest BCUT2D eigenvalue weighted by atomic mass is 10.1. The van der Waals surface area contributed by atoms with E-state index in [9.17, 15) is 5.11 Å². The van der Waals surface area contributed by atoms with E-state index in [1.165, 1.54) is 0 Å². The van der Waals surface area contributed by atoms with Crippen molar-refractivity contribution in [1.82, 2.24) is 9.97 Å². The molecule has 0 aliphatic carbocycles. The Morgan fingerprint density at radius 3 is 2.58 bits per heavy atom. The zero-order chi connectivity index (χ0) is 13.8. The minimum absolute atomic E-state index is 0.0560. The van der Waals surface area contributed by atoms with Crippen molar-refractivity contribution in [2.24, 2.45) is 0 Å². The topological polar surface area (TPSA) is 55.2 Å². The normalized spacial score (nSPS) is 12.5. The SMILES string of the molecule is Cc1nccc(C(O)c2ccccc2OC(C)C)n1. The lowest BCUT2D eigenvalue weighted by molar-refractivity contribution is 0.194. The summed E-state index contributed by atoms with van der Waals surface area (Å²) in [5.74, 6) is 1.32. The molecule has 1 unspecified atom stereocenters. The van der Waals surface area contributed by atoms with Crippen molar-refractivity contribution in [3.63, 3.8) is 0 Å². The van der Waals surface area contributed by atoms with Gasteiger partial charge in [-0.2, -0.15) is 0 Å². The smallest absolute Gasteiger partial charge is 0.125 e. The minimum Gasteiger partial charge on any atom is -0.491 e. The molecule has 1 atom stereocenters. The van der Waals surface area contributed by atoms with E-state index < -0.39 is 6.10 Å². The Morgan fingerprint density at radius 2 is 1.89 bits per heavy atom. The van der Waals surface area contributed by atoms with E-state index in [1.54, 1.807) is 19.2 Å². The van der Waals surface area contributed by atoms with E-state index in [0.29, 0.717) is 22.8 Å². The molecular formula is C15H18N2O2. The lowest BCUT2D eigenvalue weighted by Crippen LogP contribution is -2.11. The highest BCUT2D eigenvalue weighted by Gasteiger charge is 2.17. The van der Waals surface area contributed by atoms with Gasteiger partial charge in [0.2, 0.25) is 0 Å². The number of aliphatic hydroxyl groups excluding tert-OH is 1. The number of aliphatic hydroxyl groups is 1. The highest BCUT2D eigenvalue weighted by atomic mass is 16.5. The van der Waals surface area contributed by atoms with Crippen LogP contribution in [0.1, 0.15) is 37.0 Å². The van der Waals surface area contributed by atoms with Crippen LogP contribution in [0, 0.1) is 6.92 Å². The van der Waals surface area contributed by atoms with Gasteiger partial charge in [-0.05, 0) is 32.9 Å². The first-order valence-corrected chi connectivity index (χ1v) is 6.31. The molecule has 0 fully saturated rings. The van der Waals surface area contributed by atoms with Crippen LogP contribution in [0.15, 0.2) is 36.5 Å². The van der Waals surface area contributed by atoms with Crippen LogP contribution in [-0.4, -0.2) is 21.2 Å². The molecule has 0 saturated carbocycles. The fraction of sp³-hybridized carbons (Fsp3) is 0.333. The zero-order valence-electron chi connectivity index (χ0n) is 11.4. The maximum Gasteiger partial charge on any atom is 0.125 e. The van der Waals surface area contributed by atoms with E-state index in [1.807, 2.05) is 38.1 Å². The molecule has 1 aromatic heterocycles. The maximum absolute atomic E-state index is 10.4. The number of benzene rings is 1. The summed E-state index contributed by atoms with van der Waals surface area (Å²) < 4.78 is 5.71. The monoisotopic (exact) mass is 258 g/mol. The Morgan fingerprint density at radius 1 is 1.16 bits per heavy atom. The molecule has 4 nitrogen and oxygen atoms in total. The number of hydrogen-bond donors (Lipinski definition) is 1. The summed E-state index contributed by atoms with van der Waals surface area (Å²) in [5, 5.41) is 10.4. The third-order valence-electron chi connectivity index (χ3n) is 2.65. The predicted molar refractivity (Wildman–Crippen MR) is 73.0 cm³/mol. The fourth-order valence-corrected chi connectivity index (χ4v) is 1.85. The van der Waals surface area contributed by atoms with Crippen molar-refractivity contribution >= 4 is 0 Å². The van der Waals surface area contributed by atoms with Crippen LogP contribution < -0.4 is 4.74 Å². The van der Waals surface area contributed by atoms with E-state index in [-0.39, 0.29) is 6.10 Å². The molecule has 0 radical (unpaired) electrons. The summed E-state index contributed by atoms with van der Waals surface area (Å²) in [6, 6.07) is 9.18. The predicted octanol–water partition coefficient (Wildman–Crippen LogP) is 2.65. The van der Waals surface area contributed by atoms with E-state index in [0.717, 1.165) is 0 Å². The first-order valence-electron chi connectivity index (χ1n) is 6.31. The Kier molecular flexibility index (Phi) is 4.12. The third kappa shape index (κ3) is 3.29. The van der Waals surface area contributed by atoms with Gasteiger partial charge in [0.1, 0.15) is 17.7 Å². The number of hydrogen-bond acceptors (Lipinski definition) is 4. The molecule has 0 aliphatic heterocycles. The van der Waals surface area contributed by atoms with Crippen LogP contribution in [0.4, 0.5) is 0 Å². The number of rotatable bonds is 4. The van der Waals surface area contributed by atoms with Gasteiger partial charge in [0.15, 0.2) is 0 Å². The average molecular weight is 258 g/mol. The van der Waals surface area contributed by atoms with Crippen LogP contribution in [0.3, 0.4) is 0 Å². The van der Waals surface area contributed by atoms with Crippen LogP contribution in [0.5, 0.6) is 5.75 Å². The molecule has 2 rings (SSSR count). The van der Waals surface area contributed by atoms with Crippen LogP contribution in [0.25, 0.3) is 0 Å². The number of aryl methyl sites for hydroxylation is 1. The third-order valence-corrected chi connectivity index (χ3v) is 2.65. The Labute approximate surface area is 113 Å². The standard InChI is InChI=1S/C15H18N2O2/c1-10(2)19-14-7-5-4-6-12(14)15(18)13-8-9-16-11(3)17-13/h4-10,15,18H,1-3H3. The van der Waals surface area contributed by atoms with E-state index >= 15 is 0 Å². The van der Waals surface area contributed by atoms with Gasteiger partial charge in [-0.1, -0.05) is 18.2 Å². The molecule has 1 N–H and O–H groups in total. The van der Waals surface area contributed by atoms with Crippen molar-refractivity contribution in [3.05, 3.63) is 53.6 Å². The molecule has 19 heavy (non-hydrogen) atoms. The molecule has 0 bridgehead atoms. The highest BCUT2D eigenvalue weighted by Crippen LogP contribution is 2.29.